The van der Waals surface area contributed by atoms with Crippen LogP contribution in [0.15, 0.2) is 23.2 Å². The van der Waals surface area contributed by atoms with Gasteiger partial charge in [-0.05, 0) is 18.6 Å². The minimum absolute atomic E-state index is 0.0176. The number of hydrogen-bond acceptors (Lipinski definition) is 7. The van der Waals surface area contributed by atoms with Crippen LogP contribution in [0.4, 0.5) is 5.69 Å². The first-order valence-corrected chi connectivity index (χ1v) is 11.7. The van der Waals surface area contributed by atoms with Crippen molar-refractivity contribution in [3.05, 3.63) is 18.2 Å². The summed E-state index contributed by atoms with van der Waals surface area (Å²) >= 11 is 1.27. The summed E-state index contributed by atoms with van der Waals surface area (Å²) in [6.45, 7) is 0. The summed E-state index contributed by atoms with van der Waals surface area (Å²) in [7, 11) is -0.151. The molecule has 2 unspecified atom stereocenters. The van der Waals surface area contributed by atoms with Crippen molar-refractivity contribution in [2.45, 2.75) is 30.6 Å². The Balaban J connectivity index is 1.91. The number of ether oxygens (including phenoxy) is 2. The van der Waals surface area contributed by atoms with Crippen molar-refractivity contribution in [2.75, 3.05) is 30.6 Å². The Hall–Kier alpha value is -2.27. The summed E-state index contributed by atoms with van der Waals surface area (Å²) in [4.78, 5) is 28.8. The number of carbonyl (C=O) groups is 2. The highest BCUT2D eigenvalue weighted by molar-refractivity contribution is 8.16. The molecule has 158 valence electrons. The van der Waals surface area contributed by atoms with Gasteiger partial charge >= 0.3 is 5.97 Å². The van der Waals surface area contributed by atoms with Gasteiger partial charge in [0, 0.05) is 29.8 Å². The second-order valence-electron chi connectivity index (χ2n) is 6.75. The Morgan fingerprint density at radius 1 is 1.21 bits per heavy atom. The van der Waals surface area contributed by atoms with Gasteiger partial charge < -0.3 is 19.5 Å². The van der Waals surface area contributed by atoms with Crippen LogP contribution in [0.1, 0.15) is 19.3 Å². The predicted molar refractivity (Wildman–Crippen MR) is 110 cm³/mol. The number of thioether (sulfide) groups is 1. The van der Waals surface area contributed by atoms with Gasteiger partial charge in [0.25, 0.3) is 0 Å². The average molecular weight is 443 g/mol. The number of rotatable bonds is 7. The number of anilines is 1. The molecule has 2 heterocycles. The molecule has 29 heavy (non-hydrogen) atoms. The SMILES string of the molecule is COc1ccc(N2C(=NC(=O)CCCC(=O)O)SC3CS(=O)(=O)CC32)cc1OC. The molecule has 0 aromatic heterocycles. The molecule has 2 saturated heterocycles. The van der Waals surface area contributed by atoms with Crippen molar-refractivity contribution >= 4 is 44.3 Å². The molecule has 0 spiro atoms. The lowest BCUT2D eigenvalue weighted by molar-refractivity contribution is -0.137. The topological polar surface area (TPSA) is 123 Å². The normalized spacial score (nSPS) is 23.8. The van der Waals surface area contributed by atoms with Gasteiger partial charge in [-0.3, -0.25) is 9.59 Å². The zero-order valence-corrected chi connectivity index (χ0v) is 17.7. The number of nitrogens with zero attached hydrogens (tertiary/aromatic N) is 2. The van der Waals surface area contributed by atoms with E-state index in [4.69, 9.17) is 14.6 Å². The predicted octanol–water partition coefficient (Wildman–Crippen LogP) is 1.56. The number of carboxylic acid groups (broad SMARTS) is 1. The van der Waals surface area contributed by atoms with Crippen LogP contribution in [0.2, 0.25) is 0 Å². The number of hydrogen-bond donors (Lipinski definition) is 1. The van der Waals surface area contributed by atoms with Crippen molar-refractivity contribution in [1.29, 1.82) is 0 Å². The number of aliphatic carboxylic acids is 1. The van der Waals surface area contributed by atoms with Crippen LogP contribution in [0.3, 0.4) is 0 Å². The minimum Gasteiger partial charge on any atom is -0.493 e. The Kier molecular flexibility index (Phi) is 6.37. The van der Waals surface area contributed by atoms with E-state index in [1.807, 2.05) is 0 Å². The van der Waals surface area contributed by atoms with E-state index in [-0.39, 0.29) is 42.1 Å². The zero-order valence-electron chi connectivity index (χ0n) is 16.0. The summed E-state index contributed by atoms with van der Waals surface area (Å²) in [5.41, 5.74) is 0.650. The molecule has 1 aromatic rings. The highest BCUT2D eigenvalue weighted by Crippen LogP contribution is 2.43. The van der Waals surface area contributed by atoms with Crippen molar-refractivity contribution in [3.63, 3.8) is 0 Å². The number of carboxylic acids is 1. The van der Waals surface area contributed by atoms with Gasteiger partial charge in [-0.2, -0.15) is 4.99 Å². The number of methoxy groups -OCH3 is 2. The molecule has 2 aliphatic heterocycles. The fraction of sp³-hybridized carbons (Fsp3) is 0.500. The molecule has 0 bridgehead atoms. The zero-order chi connectivity index (χ0) is 21.2. The standard InChI is InChI=1S/C18H22N2O7S2/c1-26-13-7-6-11(8-14(13)27-2)20-12-9-29(24,25)10-15(12)28-18(20)19-16(21)4-3-5-17(22)23/h6-8,12,15H,3-5,9-10H2,1-2H3,(H,22,23). The maximum absolute atomic E-state index is 12.2. The fourth-order valence-electron chi connectivity index (χ4n) is 3.39. The van der Waals surface area contributed by atoms with Gasteiger partial charge in [0.05, 0.1) is 31.8 Å². The highest BCUT2D eigenvalue weighted by Gasteiger charge is 2.49. The first-order valence-electron chi connectivity index (χ1n) is 8.95. The first kappa shape index (κ1) is 21.4. The molecular formula is C18H22N2O7S2. The number of benzene rings is 1. The summed E-state index contributed by atoms with van der Waals surface area (Å²) in [6, 6.07) is 4.85. The van der Waals surface area contributed by atoms with Gasteiger partial charge in [0.15, 0.2) is 26.5 Å². The third-order valence-corrected chi connectivity index (χ3v) is 7.92. The van der Waals surface area contributed by atoms with Gasteiger partial charge in [0.1, 0.15) is 0 Å². The van der Waals surface area contributed by atoms with E-state index in [1.165, 1.54) is 26.0 Å². The molecule has 2 aliphatic rings. The van der Waals surface area contributed by atoms with Crippen LogP contribution in [0.5, 0.6) is 11.5 Å². The maximum atomic E-state index is 12.2. The van der Waals surface area contributed by atoms with E-state index >= 15 is 0 Å². The number of amidine groups is 1. The van der Waals surface area contributed by atoms with Gasteiger partial charge in [0.2, 0.25) is 5.91 Å². The molecule has 1 N–H and O–H groups in total. The van der Waals surface area contributed by atoms with Crippen molar-refractivity contribution in [2.24, 2.45) is 4.99 Å². The number of amides is 1. The molecule has 2 atom stereocenters. The number of fused-ring (bicyclic) bond motifs is 1. The van der Waals surface area contributed by atoms with E-state index in [2.05, 4.69) is 4.99 Å². The Bertz CT molecular complexity index is 946. The third kappa shape index (κ3) is 4.84. The summed E-state index contributed by atoms with van der Waals surface area (Å²) in [5.74, 6) is -0.383. The van der Waals surface area contributed by atoms with Crippen LogP contribution < -0.4 is 14.4 Å². The Labute approximate surface area is 173 Å². The summed E-state index contributed by atoms with van der Waals surface area (Å²) in [5, 5.41) is 8.91. The maximum Gasteiger partial charge on any atom is 0.303 e. The molecule has 11 heteroatoms. The lowest BCUT2D eigenvalue weighted by Gasteiger charge is -2.25. The monoisotopic (exact) mass is 442 g/mol. The molecule has 0 saturated carbocycles. The van der Waals surface area contributed by atoms with Crippen LogP contribution >= 0.6 is 11.8 Å². The summed E-state index contributed by atoms with van der Waals surface area (Å²) < 4.78 is 34.9. The third-order valence-electron chi connectivity index (χ3n) is 4.71. The lowest BCUT2D eigenvalue weighted by atomic mass is 10.2. The average Bonchev–Trinajstić information content (AvgIpc) is 3.11. The first-order chi connectivity index (χ1) is 13.7. The molecule has 2 fully saturated rings. The van der Waals surface area contributed by atoms with Gasteiger partial charge in [-0.25, -0.2) is 8.42 Å². The van der Waals surface area contributed by atoms with Crippen LogP contribution in [-0.2, 0) is 19.4 Å². The molecule has 3 rings (SSSR count). The van der Waals surface area contributed by atoms with Crippen molar-refractivity contribution < 1.29 is 32.6 Å². The van der Waals surface area contributed by atoms with Crippen molar-refractivity contribution in [3.8, 4) is 11.5 Å². The highest BCUT2D eigenvalue weighted by atomic mass is 32.2. The number of aliphatic imine (C=N–C) groups is 1. The lowest BCUT2D eigenvalue weighted by Crippen LogP contribution is -2.37. The largest absolute Gasteiger partial charge is 0.493 e. The summed E-state index contributed by atoms with van der Waals surface area (Å²) in [6.07, 6.45) is 0.115. The van der Waals surface area contributed by atoms with E-state index in [0.29, 0.717) is 22.4 Å². The number of sulfone groups is 1. The number of carbonyl (C=O) groups excluding carboxylic acids is 1. The van der Waals surface area contributed by atoms with Crippen molar-refractivity contribution in [1.82, 2.24) is 0 Å². The van der Waals surface area contributed by atoms with Crippen LogP contribution in [0.25, 0.3) is 0 Å². The van der Waals surface area contributed by atoms with E-state index in [9.17, 15) is 18.0 Å². The molecular weight excluding hydrogens is 420 g/mol. The van der Waals surface area contributed by atoms with E-state index in [1.54, 1.807) is 23.1 Å². The molecule has 0 aliphatic carbocycles. The smallest absolute Gasteiger partial charge is 0.303 e. The van der Waals surface area contributed by atoms with Gasteiger partial charge in [-0.1, -0.05) is 11.8 Å². The quantitative estimate of drug-likeness (QED) is 0.670. The van der Waals surface area contributed by atoms with Crippen LogP contribution in [0, 0.1) is 0 Å². The molecule has 9 nitrogen and oxygen atoms in total. The van der Waals surface area contributed by atoms with E-state index in [0.717, 1.165) is 0 Å². The Morgan fingerprint density at radius 3 is 2.59 bits per heavy atom. The van der Waals surface area contributed by atoms with Gasteiger partial charge in [-0.15, -0.1) is 0 Å². The second-order valence-corrected chi connectivity index (χ2v) is 10.1. The van der Waals surface area contributed by atoms with E-state index < -0.39 is 21.7 Å². The second kappa shape index (κ2) is 8.62. The fourth-order valence-corrected chi connectivity index (χ4v) is 7.33. The molecule has 1 aromatic carbocycles. The molecule has 1 amide bonds. The molecule has 0 radical (unpaired) electrons. The van der Waals surface area contributed by atoms with Crippen LogP contribution in [-0.4, -0.2) is 67.6 Å². The Morgan fingerprint density at radius 2 is 1.93 bits per heavy atom. The minimum atomic E-state index is -3.17.